The van der Waals surface area contributed by atoms with Crippen molar-refractivity contribution in [2.45, 2.75) is 25.8 Å². The maximum atomic E-state index is 11.5. The van der Waals surface area contributed by atoms with Gasteiger partial charge in [-0.05, 0) is 45.0 Å². The highest BCUT2D eigenvalue weighted by atomic mass is 79.9. The van der Waals surface area contributed by atoms with E-state index in [0.717, 1.165) is 17.1 Å². The second-order valence-corrected chi connectivity index (χ2v) is 5.67. The maximum Gasteiger partial charge on any atom is 0.163 e. The summed E-state index contributed by atoms with van der Waals surface area (Å²) in [5.41, 5.74) is 0.637. The normalized spacial score (nSPS) is 14.9. The van der Waals surface area contributed by atoms with Crippen LogP contribution in [0.25, 0.3) is 0 Å². The van der Waals surface area contributed by atoms with Crippen molar-refractivity contribution in [3.05, 3.63) is 28.2 Å². The fourth-order valence-electron chi connectivity index (χ4n) is 1.90. The zero-order valence-corrected chi connectivity index (χ0v) is 12.4. The summed E-state index contributed by atoms with van der Waals surface area (Å²) in [6, 6.07) is 6.29. The zero-order valence-electron chi connectivity index (χ0n) is 10.8. The molecule has 18 heavy (non-hydrogen) atoms. The molecule has 1 aliphatic carbocycles. The Hall–Kier alpha value is -0.870. The molecule has 0 atom stereocenters. The predicted molar refractivity (Wildman–Crippen MR) is 75.3 cm³/mol. The van der Waals surface area contributed by atoms with Gasteiger partial charge in [0.05, 0.1) is 5.56 Å². The van der Waals surface area contributed by atoms with Gasteiger partial charge in [-0.2, -0.15) is 0 Å². The standard InChI is InChI=1S/C14H18BrNO2/c1-10(17)13-9-11(15)3-6-14(13)18-8-7-16(2)12-4-5-12/h3,6,9,12H,4-5,7-8H2,1-2H3. The molecule has 0 N–H and O–H groups in total. The van der Waals surface area contributed by atoms with Crippen LogP contribution in [0.5, 0.6) is 5.75 Å². The van der Waals surface area contributed by atoms with Gasteiger partial charge in [-0.3, -0.25) is 4.79 Å². The van der Waals surface area contributed by atoms with Crippen LogP contribution < -0.4 is 4.74 Å². The van der Waals surface area contributed by atoms with Crippen LogP contribution in [-0.4, -0.2) is 36.9 Å². The van der Waals surface area contributed by atoms with Gasteiger partial charge in [-0.1, -0.05) is 15.9 Å². The van der Waals surface area contributed by atoms with E-state index in [4.69, 9.17) is 4.74 Å². The van der Waals surface area contributed by atoms with Gasteiger partial charge in [-0.25, -0.2) is 0 Å². The van der Waals surface area contributed by atoms with E-state index in [2.05, 4.69) is 27.9 Å². The molecular weight excluding hydrogens is 294 g/mol. The lowest BCUT2D eigenvalue weighted by atomic mass is 10.1. The third-order valence-corrected chi connectivity index (χ3v) is 3.69. The van der Waals surface area contributed by atoms with Gasteiger partial charge in [0.15, 0.2) is 5.78 Å². The number of rotatable bonds is 6. The zero-order chi connectivity index (χ0) is 13.1. The van der Waals surface area contributed by atoms with Gasteiger partial charge >= 0.3 is 0 Å². The van der Waals surface area contributed by atoms with E-state index in [-0.39, 0.29) is 5.78 Å². The van der Waals surface area contributed by atoms with E-state index in [1.54, 1.807) is 6.92 Å². The highest BCUT2D eigenvalue weighted by Gasteiger charge is 2.25. The van der Waals surface area contributed by atoms with Gasteiger partial charge in [0, 0.05) is 17.1 Å². The van der Waals surface area contributed by atoms with Crippen molar-refractivity contribution < 1.29 is 9.53 Å². The summed E-state index contributed by atoms with van der Waals surface area (Å²) < 4.78 is 6.62. The molecule has 1 aliphatic rings. The third-order valence-electron chi connectivity index (χ3n) is 3.19. The van der Waals surface area contributed by atoms with Gasteiger partial charge < -0.3 is 9.64 Å². The number of likely N-dealkylation sites (N-methyl/N-ethyl adjacent to an activating group) is 1. The third kappa shape index (κ3) is 3.56. The Bertz CT molecular complexity index is 443. The average Bonchev–Trinajstić information content (AvgIpc) is 3.14. The molecule has 0 radical (unpaired) electrons. The number of carbonyl (C=O) groups excluding carboxylic acids is 1. The fourth-order valence-corrected chi connectivity index (χ4v) is 2.26. The second-order valence-electron chi connectivity index (χ2n) is 4.76. The first-order valence-corrected chi connectivity index (χ1v) is 7.01. The molecule has 0 heterocycles. The molecule has 0 bridgehead atoms. The van der Waals surface area contributed by atoms with Crippen LogP contribution in [0, 0.1) is 0 Å². The Morgan fingerprint density at radius 2 is 2.22 bits per heavy atom. The lowest BCUT2D eigenvalue weighted by Gasteiger charge is -2.16. The van der Waals surface area contributed by atoms with Crippen molar-refractivity contribution in [3.8, 4) is 5.75 Å². The van der Waals surface area contributed by atoms with Crippen LogP contribution in [0.2, 0.25) is 0 Å². The fraction of sp³-hybridized carbons (Fsp3) is 0.500. The Morgan fingerprint density at radius 1 is 1.50 bits per heavy atom. The summed E-state index contributed by atoms with van der Waals surface area (Å²) in [5.74, 6) is 0.705. The molecule has 0 unspecified atom stereocenters. The quantitative estimate of drug-likeness (QED) is 0.756. The number of hydrogen-bond acceptors (Lipinski definition) is 3. The SMILES string of the molecule is CC(=O)c1cc(Br)ccc1OCCN(C)C1CC1. The largest absolute Gasteiger partial charge is 0.491 e. The number of carbonyl (C=O) groups is 1. The molecule has 4 heteroatoms. The Balaban J connectivity index is 1.93. The van der Waals surface area contributed by atoms with Gasteiger partial charge in [-0.15, -0.1) is 0 Å². The van der Waals surface area contributed by atoms with E-state index in [9.17, 15) is 4.79 Å². The van der Waals surface area contributed by atoms with Crippen LogP contribution >= 0.6 is 15.9 Å². The number of ether oxygens (including phenoxy) is 1. The van der Waals surface area contributed by atoms with E-state index in [0.29, 0.717) is 17.9 Å². The van der Waals surface area contributed by atoms with Crippen LogP contribution in [0.1, 0.15) is 30.1 Å². The summed E-state index contributed by atoms with van der Waals surface area (Å²) in [4.78, 5) is 13.8. The van der Waals surface area contributed by atoms with E-state index < -0.39 is 0 Å². The molecular formula is C14H18BrNO2. The van der Waals surface area contributed by atoms with Crippen LogP contribution in [-0.2, 0) is 0 Å². The summed E-state index contributed by atoms with van der Waals surface area (Å²) in [5, 5.41) is 0. The Morgan fingerprint density at radius 3 is 2.83 bits per heavy atom. The smallest absolute Gasteiger partial charge is 0.163 e. The van der Waals surface area contributed by atoms with E-state index >= 15 is 0 Å². The summed E-state index contributed by atoms with van der Waals surface area (Å²) in [6.45, 7) is 3.08. The number of ketones is 1. The summed E-state index contributed by atoms with van der Waals surface area (Å²) in [6.07, 6.45) is 2.60. The molecule has 98 valence electrons. The van der Waals surface area contributed by atoms with Crippen LogP contribution in [0.4, 0.5) is 0 Å². The minimum Gasteiger partial charge on any atom is -0.491 e. The Labute approximate surface area is 116 Å². The maximum absolute atomic E-state index is 11.5. The molecule has 2 rings (SSSR count). The molecule has 1 aromatic carbocycles. The van der Waals surface area contributed by atoms with E-state index in [1.807, 2.05) is 18.2 Å². The van der Waals surface area contributed by atoms with Crippen molar-refractivity contribution in [2.24, 2.45) is 0 Å². The van der Waals surface area contributed by atoms with Crippen LogP contribution in [0.3, 0.4) is 0 Å². The molecule has 1 aromatic rings. The van der Waals surface area contributed by atoms with Gasteiger partial charge in [0.1, 0.15) is 12.4 Å². The summed E-state index contributed by atoms with van der Waals surface area (Å²) >= 11 is 3.37. The van der Waals surface area contributed by atoms with Crippen LogP contribution in [0.15, 0.2) is 22.7 Å². The topological polar surface area (TPSA) is 29.5 Å². The first kappa shape index (κ1) is 13.6. The number of hydrogen-bond donors (Lipinski definition) is 0. The second kappa shape index (κ2) is 5.85. The molecule has 0 saturated heterocycles. The minimum absolute atomic E-state index is 0.0295. The van der Waals surface area contributed by atoms with Crippen molar-refractivity contribution in [3.63, 3.8) is 0 Å². The average molecular weight is 312 g/mol. The lowest BCUT2D eigenvalue weighted by molar-refractivity contribution is 0.101. The predicted octanol–water partition coefficient (Wildman–Crippen LogP) is 3.12. The molecule has 0 spiro atoms. The molecule has 0 aliphatic heterocycles. The lowest BCUT2D eigenvalue weighted by Crippen LogP contribution is -2.26. The monoisotopic (exact) mass is 311 g/mol. The molecule has 0 amide bonds. The first-order chi connectivity index (χ1) is 8.58. The number of halogens is 1. The van der Waals surface area contributed by atoms with Crippen molar-refractivity contribution in [2.75, 3.05) is 20.2 Å². The number of Topliss-reactive ketones (excluding diaryl/α,β-unsaturated/α-hetero) is 1. The highest BCUT2D eigenvalue weighted by molar-refractivity contribution is 9.10. The molecule has 1 saturated carbocycles. The van der Waals surface area contributed by atoms with Gasteiger partial charge in [0.2, 0.25) is 0 Å². The highest BCUT2D eigenvalue weighted by Crippen LogP contribution is 2.26. The molecule has 0 aromatic heterocycles. The van der Waals surface area contributed by atoms with Gasteiger partial charge in [0.25, 0.3) is 0 Å². The minimum atomic E-state index is 0.0295. The Kier molecular flexibility index (Phi) is 4.40. The molecule has 3 nitrogen and oxygen atoms in total. The number of nitrogens with zero attached hydrogens (tertiary/aromatic N) is 1. The first-order valence-electron chi connectivity index (χ1n) is 6.21. The summed E-state index contributed by atoms with van der Waals surface area (Å²) in [7, 11) is 2.12. The van der Waals surface area contributed by atoms with Crippen molar-refractivity contribution >= 4 is 21.7 Å². The van der Waals surface area contributed by atoms with E-state index in [1.165, 1.54) is 12.8 Å². The molecule has 1 fully saturated rings. The van der Waals surface area contributed by atoms with Crippen molar-refractivity contribution in [1.29, 1.82) is 0 Å². The van der Waals surface area contributed by atoms with Crippen molar-refractivity contribution in [1.82, 2.24) is 4.90 Å². The number of benzene rings is 1.